The quantitative estimate of drug-likeness (QED) is 0.936. The van der Waals surface area contributed by atoms with Crippen LogP contribution in [0.2, 0.25) is 5.02 Å². The normalized spacial score (nSPS) is 10.9. The van der Waals surface area contributed by atoms with Crippen LogP contribution in [0.3, 0.4) is 0 Å². The Kier molecular flexibility index (Phi) is 4.27. The molecule has 96 valence electrons. The van der Waals surface area contributed by atoms with Gasteiger partial charge in [0, 0.05) is 11.9 Å². The molecule has 4 nitrogen and oxygen atoms in total. The summed E-state index contributed by atoms with van der Waals surface area (Å²) in [5.41, 5.74) is 6.77. The van der Waals surface area contributed by atoms with Gasteiger partial charge in [0.05, 0.1) is 5.02 Å². The second-order valence-corrected chi connectivity index (χ2v) is 5.34. The van der Waals surface area contributed by atoms with Crippen molar-refractivity contribution in [2.24, 2.45) is 12.8 Å². The molecule has 0 atom stereocenters. The zero-order chi connectivity index (χ0) is 13.1. The van der Waals surface area contributed by atoms with E-state index in [-0.39, 0.29) is 0 Å². The predicted molar refractivity (Wildman–Crippen MR) is 74.1 cm³/mol. The molecule has 1 aromatic carbocycles. The van der Waals surface area contributed by atoms with Gasteiger partial charge in [0.1, 0.15) is 5.82 Å². The van der Waals surface area contributed by atoms with Gasteiger partial charge < -0.3 is 10.3 Å². The molecule has 0 amide bonds. The lowest BCUT2D eigenvalue weighted by molar-refractivity contribution is 0.765. The van der Waals surface area contributed by atoms with Crippen molar-refractivity contribution in [2.75, 3.05) is 6.54 Å². The Morgan fingerprint density at radius 1 is 1.39 bits per heavy atom. The fourth-order valence-electron chi connectivity index (χ4n) is 1.59. The molecule has 0 aliphatic heterocycles. The molecule has 0 aliphatic rings. The number of aryl methyl sites for hydroxylation is 1. The smallest absolute Gasteiger partial charge is 0.195 e. The van der Waals surface area contributed by atoms with E-state index in [0.717, 1.165) is 32.9 Å². The fraction of sp³-hybridized carbons (Fsp3) is 0.333. The van der Waals surface area contributed by atoms with Gasteiger partial charge in [-0.25, -0.2) is 0 Å². The zero-order valence-corrected chi connectivity index (χ0v) is 11.9. The van der Waals surface area contributed by atoms with Crippen molar-refractivity contribution in [1.29, 1.82) is 0 Å². The Bertz CT molecular complexity index is 553. The van der Waals surface area contributed by atoms with Crippen LogP contribution in [0.1, 0.15) is 11.4 Å². The summed E-state index contributed by atoms with van der Waals surface area (Å²) in [4.78, 5) is 1.01. The topological polar surface area (TPSA) is 56.7 Å². The lowest BCUT2D eigenvalue weighted by Gasteiger charge is -2.09. The van der Waals surface area contributed by atoms with E-state index in [1.807, 2.05) is 36.7 Å². The molecule has 18 heavy (non-hydrogen) atoms. The Morgan fingerprint density at radius 3 is 2.78 bits per heavy atom. The Labute approximate surface area is 116 Å². The minimum atomic E-state index is 0.603. The lowest BCUT2D eigenvalue weighted by Crippen LogP contribution is -2.04. The molecular weight excluding hydrogens is 268 g/mol. The summed E-state index contributed by atoms with van der Waals surface area (Å²) in [6, 6.07) is 5.87. The first-order valence-corrected chi connectivity index (χ1v) is 6.84. The van der Waals surface area contributed by atoms with Crippen LogP contribution in [0, 0.1) is 6.92 Å². The third-order valence-corrected chi connectivity index (χ3v) is 4.36. The Morgan fingerprint density at radius 2 is 2.17 bits per heavy atom. The van der Waals surface area contributed by atoms with Gasteiger partial charge in [-0.15, -0.1) is 10.2 Å². The van der Waals surface area contributed by atoms with Crippen LogP contribution in [-0.4, -0.2) is 21.3 Å². The zero-order valence-electron chi connectivity index (χ0n) is 10.4. The third kappa shape index (κ3) is 2.68. The molecule has 2 aromatic rings. The van der Waals surface area contributed by atoms with E-state index in [1.165, 1.54) is 11.8 Å². The summed E-state index contributed by atoms with van der Waals surface area (Å²) in [5.74, 6) is 0.880. The summed E-state index contributed by atoms with van der Waals surface area (Å²) >= 11 is 7.79. The standard InChI is InChI=1S/C12H15ClN4S/c1-8-15-16-12(17(8)2)18-11-9(6-7-14)4-3-5-10(11)13/h3-5H,6-7,14H2,1-2H3. The minimum absolute atomic E-state index is 0.603. The van der Waals surface area contributed by atoms with Crippen molar-refractivity contribution < 1.29 is 0 Å². The number of hydrogen-bond acceptors (Lipinski definition) is 4. The van der Waals surface area contributed by atoms with Gasteiger partial charge in [-0.05, 0) is 43.3 Å². The number of halogens is 1. The number of hydrogen-bond donors (Lipinski definition) is 1. The highest BCUT2D eigenvalue weighted by Crippen LogP contribution is 2.35. The van der Waals surface area contributed by atoms with Gasteiger partial charge in [0.15, 0.2) is 5.16 Å². The number of nitrogens with zero attached hydrogens (tertiary/aromatic N) is 3. The highest BCUT2D eigenvalue weighted by atomic mass is 35.5. The first-order valence-electron chi connectivity index (χ1n) is 5.64. The Balaban J connectivity index is 2.36. The first-order chi connectivity index (χ1) is 8.63. The van der Waals surface area contributed by atoms with Crippen LogP contribution in [0.25, 0.3) is 0 Å². The first kappa shape index (κ1) is 13.4. The van der Waals surface area contributed by atoms with Crippen molar-refractivity contribution in [1.82, 2.24) is 14.8 Å². The van der Waals surface area contributed by atoms with Crippen LogP contribution in [0.15, 0.2) is 28.3 Å². The molecule has 0 spiro atoms. The summed E-state index contributed by atoms with van der Waals surface area (Å²) in [5, 5.41) is 9.74. The third-order valence-electron chi connectivity index (χ3n) is 2.71. The van der Waals surface area contributed by atoms with Gasteiger partial charge in [0.25, 0.3) is 0 Å². The molecule has 0 fully saturated rings. The molecule has 0 saturated heterocycles. The molecule has 1 heterocycles. The summed E-state index contributed by atoms with van der Waals surface area (Å²) in [6.07, 6.45) is 0.805. The number of rotatable bonds is 4. The fourth-order valence-corrected chi connectivity index (χ4v) is 2.90. The van der Waals surface area contributed by atoms with Gasteiger partial charge in [-0.1, -0.05) is 23.7 Å². The molecule has 0 unspecified atom stereocenters. The van der Waals surface area contributed by atoms with Crippen LogP contribution >= 0.6 is 23.4 Å². The van der Waals surface area contributed by atoms with Crippen LogP contribution < -0.4 is 5.73 Å². The van der Waals surface area contributed by atoms with Crippen LogP contribution in [0.4, 0.5) is 0 Å². The average Bonchev–Trinajstić information content (AvgIpc) is 2.65. The molecule has 1 aromatic heterocycles. The monoisotopic (exact) mass is 282 g/mol. The van der Waals surface area contributed by atoms with Crippen molar-refractivity contribution in [3.8, 4) is 0 Å². The average molecular weight is 283 g/mol. The van der Waals surface area contributed by atoms with E-state index < -0.39 is 0 Å². The van der Waals surface area contributed by atoms with Gasteiger partial charge >= 0.3 is 0 Å². The highest BCUT2D eigenvalue weighted by molar-refractivity contribution is 7.99. The van der Waals surface area contributed by atoms with E-state index in [0.29, 0.717) is 6.54 Å². The van der Waals surface area contributed by atoms with Crippen molar-refractivity contribution >= 4 is 23.4 Å². The molecule has 0 bridgehead atoms. The maximum atomic E-state index is 6.26. The molecule has 6 heteroatoms. The van der Waals surface area contributed by atoms with E-state index in [4.69, 9.17) is 17.3 Å². The van der Waals surface area contributed by atoms with E-state index >= 15 is 0 Å². The van der Waals surface area contributed by atoms with Crippen molar-refractivity contribution in [3.63, 3.8) is 0 Å². The van der Waals surface area contributed by atoms with Crippen LogP contribution in [-0.2, 0) is 13.5 Å². The van der Waals surface area contributed by atoms with Gasteiger partial charge in [-0.3, -0.25) is 0 Å². The summed E-state index contributed by atoms with van der Waals surface area (Å²) in [6.45, 7) is 2.52. The maximum Gasteiger partial charge on any atom is 0.195 e. The van der Waals surface area contributed by atoms with E-state index in [9.17, 15) is 0 Å². The number of aromatic nitrogens is 3. The van der Waals surface area contributed by atoms with E-state index in [2.05, 4.69) is 10.2 Å². The molecule has 2 N–H and O–H groups in total. The van der Waals surface area contributed by atoms with Crippen LogP contribution in [0.5, 0.6) is 0 Å². The molecule has 0 saturated carbocycles. The summed E-state index contributed by atoms with van der Waals surface area (Å²) < 4.78 is 1.94. The largest absolute Gasteiger partial charge is 0.330 e. The molecule has 0 aliphatic carbocycles. The second kappa shape index (κ2) is 5.73. The number of nitrogens with two attached hydrogens (primary N) is 1. The predicted octanol–water partition coefficient (Wildman–Crippen LogP) is 2.43. The molecule has 2 rings (SSSR count). The summed E-state index contributed by atoms with van der Waals surface area (Å²) in [7, 11) is 1.94. The van der Waals surface area contributed by atoms with Crippen molar-refractivity contribution in [3.05, 3.63) is 34.6 Å². The van der Waals surface area contributed by atoms with E-state index in [1.54, 1.807) is 0 Å². The molecular formula is C12H15ClN4S. The highest BCUT2D eigenvalue weighted by Gasteiger charge is 2.13. The van der Waals surface area contributed by atoms with Crippen molar-refractivity contribution in [2.45, 2.75) is 23.4 Å². The SMILES string of the molecule is Cc1nnc(Sc2c(Cl)cccc2CCN)n1C. The second-order valence-electron chi connectivity index (χ2n) is 3.96. The Hall–Kier alpha value is -1.04. The molecule has 0 radical (unpaired) electrons. The maximum absolute atomic E-state index is 6.26. The van der Waals surface area contributed by atoms with Gasteiger partial charge in [-0.2, -0.15) is 0 Å². The minimum Gasteiger partial charge on any atom is -0.330 e. The number of benzene rings is 1. The lowest BCUT2D eigenvalue weighted by atomic mass is 10.1. The van der Waals surface area contributed by atoms with Gasteiger partial charge in [0.2, 0.25) is 0 Å².